The molecule has 0 bridgehead atoms. The minimum atomic E-state index is -0.595. The minimum Gasteiger partial charge on any atom is -0.479 e. The van der Waals surface area contributed by atoms with Crippen LogP contribution in [0, 0.1) is 0 Å². The maximum Gasteiger partial charge on any atom is 0.263 e. The molecule has 0 radical (unpaired) electrons. The maximum atomic E-state index is 12.4. The molecule has 2 rings (SSSR count). The monoisotopic (exact) mass is 330 g/mol. The van der Waals surface area contributed by atoms with Gasteiger partial charge < -0.3 is 15.4 Å². The molecule has 1 saturated heterocycles. The molecule has 0 aliphatic carbocycles. The first-order valence-electron chi connectivity index (χ1n) is 7.19. The summed E-state index contributed by atoms with van der Waals surface area (Å²) in [6.07, 6.45) is 3.86. The fourth-order valence-electron chi connectivity index (χ4n) is 2.44. The first kappa shape index (κ1) is 16.2. The van der Waals surface area contributed by atoms with Crippen molar-refractivity contribution in [2.75, 3.05) is 18.8 Å². The maximum absolute atomic E-state index is 12.4. The highest BCUT2D eigenvalue weighted by Crippen LogP contribution is 2.33. The number of carbonyl (C=O) groups is 1. The highest BCUT2D eigenvalue weighted by molar-refractivity contribution is 6.42. The predicted molar refractivity (Wildman–Crippen MR) is 86.0 cm³/mol. The SMILES string of the molecule is CC(Oc1cc(Cl)c(Cl)cc1N)C(=O)N1CCCCCC1. The molecule has 1 aromatic carbocycles. The largest absolute Gasteiger partial charge is 0.479 e. The number of carbonyl (C=O) groups excluding carboxylic acids is 1. The Balaban J connectivity index is 2.04. The molecule has 21 heavy (non-hydrogen) atoms. The Morgan fingerprint density at radius 1 is 1.19 bits per heavy atom. The van der Waals surface area contributed by atoms with Crippen molar-refractivity contribution in [1.82, 2.24) is 4.90 Å². The summed E-state index contributed by atoms with van der Waals surface area (Å²) in [6, 6.07) is 3.08. The standard InChI is InChI=1S/C15H20Cl2N2O2/c1-10(15(20)19-6-4-2-3-5-7-19)21-14-9-12(17)11(16)8-13(14)18/h8-10H,2-7,18H2,1H3. The van der Waals surface area contributed by atoms with E-state index in [0.717, 1.165) is 25.9 Å². The Morgan fingerprint density at radius 2 is 1.76 bits per heavy atom. The lowest BCUT2D eigenvalue weighted by atomic mass is 10.2. The molecule has 4 nitrogen and oxygen atoms in total. The Kier molecular flexibility index (Phi) is 5.59. The molecule has 1 heterocycles. The first-order chi connectivity index (χ1) is 9.99. The van der Waals surface area contributed by atoms with Gasteiger partial charge in [0.15, 0.2) is 6.10 Å². The summed E-state index contributed by atoms with van der Waals surface area (Å²) in [4.78, 5) is 14.3. The highest BCUT2D eigenvalue weighted by atomic mass is 35.5. The quantitative estimate of drug-likeness (QED) is 0.859. The zero-order valence-corrected chi connectivity index (χ0v) is 13.6. The lowest BCUT2D eigenvalue weighted by molar-refractivity contribution is -0.137. The van der Waals surface area contributed by atoms with Gasteiger partial charge >= 0.3 is 0 Å². The number of hydrogen-bond acceptors (Lipinski definition) is 3. The van der Waals surface area contributed by atoms with Gasteiger partial charge in [-0.15, -0.1) is 0 Å². The molecule has 0 spiro atoms. The summed E-state index contributed by atoms with van der Waals surface area (Å²) < 4.78 is 5.68. The number of amides is 1. The van der Waals surface area contributed by atoms with Crippen molar-refractivity contribution in [3.05, 3.63) is 22.2 Å². The highest BCUT2D eigenvalue weighted by Gasteiger charge is 2.23. The van der Waals surface area contributed by atoms with Gasteiger partial charge in [-0.05, 0) is 25.8 Å². The normalized spacial score (nSPS) is 17.2. The van der Waals surface area contributed by atoms with Crippen molar-refractivity contribution < 1.29 is 9.53 Å². The van der Waals surface area contributed by atoms with Crippen LogP contribution in [0.5, 0.6) is 5.75 Å². The van der Waals surface area contributed by atoms with E-state index in [2.05, 4.69) is 0 Å². The van der Waals surface area contributed by atoms with E-state index >= 15 is 0 Å². The van der Waals surface area contributed by atoms with E-state index in [0.29, 0.717) is 21.5 Å². The van der Waals surface area contributed by atoms with Crippen LogP contribution in [0.4, 0.5) is 5.69 Å². The van der Waals surface area contributed by atoms with Crippen molar-refractivity contribution >= 4 is 34.8 Å². The molecule has 1 amide bonds. The summed E-state index contributed by atoms with van der Waals surface area (Å²) in [5, 5.41) is 0.725. The Labute approximate surface area is 135 Å². The first-order valence-corrected chi connectivity index (χ1v) is 7.94. The zero-order chi connectivity index (χ0) is 15.4. The van der Waals surface area contributed by atoms with Crippen LogP contribution in [-0.2, 0) is 4.79 Å². The number of nitrogens with two attached hydrogens (primary N) is 1. The molecule has 1 unspecified atom stereocenters. The molecular weight excluding hydrogens is 311 g/mol. The Bertz CT molecular complexity index is 515. The molecule has 1 aliphatic heterocycles. The second kappa shape index (κ2) is 7.23. The van der Waals surface area contributed by atoms with Crippen LogP contribution in [0.3, 0.4) is 0 Å². The molecule has 1 aromatic rings. The summed E-state index contributed by atoms with van der Waals surface area (Å²) in [5.74, 6) is 0.377. The average molecular weight is 331 g/mol. The van der Waals surface area contributed by atoms with Gasteiger partial charge in [0.25, 0.3) is 5.91 Å². The third kappa shape index (κ3) is 4.17. The van der Waals surface area contributed by atoms with Gasteiger partial charge in [0.1, 0.15) is 5.75 Å². The number of rotatable bonds is 3. The second-order valence-corrected chi connectivity index (χ2v) is 6.12. The van der Waals surface area contributed by atoms with Crippen LogP contribution in [-0.4, -0.2) is 30.0 Å². The fourth-order valence-corrected chi connectivity index (χ4v) is 2.76. The molecule has 1 fully saturated rings. The van der Waals surface area contributed by atoms with E-state index in [1.165, 1.54) is 18.9 Å². The van der Waals surface area contributed by atoms with E-state index in [1.54, 1.807) is 13.0 Å². The minimum absolute atomic E-state index is 0.0117. The lowest BCUT2D eigenvalue weighted by Gasteiger charge is -2.25. The number of halogens is 2. The molecule has 116 valence electrons. The van der Waals surface area contributed by atoms with Crippen LogP contribution < -0.4 is 10.5 Å². The van der Waals surface area contributed by atoms with Crippen LogP contribution in [0.15, 0.2) is 12.1 Å². The van der Waals surface area contributed by atoms with Crippen molar-refractivity contribution in [3.8, 4) is 5.75 Å². The molecule has 6 heteroatoms. The van der Waals surface area contributed by atoms with Crippen LogP contribution in [0.25, 0.3) is 0 Å². The molecular formula is C15H20Cl2N2O2. The molecule has 1 atom stereocenters. The summed E-state index contributed by atoms with van der Waals surface area (Å²) in [7, 11) is 0. The van der Waals surface area contributed by atoms with E-state index in [4.69, 9.17) is 33.7 Å². The third-order valence-electron chi connectivity index (χ3n) is 3.62. The average Bonchev–Trinajstić information content (AvgIpc) is 2.72. The van der Waals surface area contributed by atoms with E-state index in [9.17, 15) is 4.79 Å². The second-order valence-electron chi connectivity index (χ2n) is 5.30. The molecule has 2 N–H and O–H groups in total. The van der Waals surface area contributed by atoms with Crippen molar-refractivity contribution in [1.29, 1.82) is 0 Å². The molecule has 0 saturated carbocycles. The molecule has 0 aromatic heterocycles. The predicted octanol–water partition coefficient (Wildman–Crippen LogP) is 3.75. The topological polar surface area (TPSA) is 55.6 Å². The van der Waals surface area contributed by atoms with E-state index < -0.39 is 6.10 Å². The van der Waals surface area contributed by atoms with E-state index in [1.807, 2.05) is 4.90 Å². The van der Waals surface area contributed by atoms with Crippen molar-refractivity contribution in [2.24, 2.45) is 0 Å². The van der Waals surface area contributed by atoms with Gasteiger partial charge in [0.05, 0.1) is 15.7 Å². The van der Waals surface area contributed by atoms with Gasteiger partial charge in [0.2, 0.25) is 0 Å². The zero-order valence-electron chi connectivity index (χ0n) is 12.1. The van der Waals surface area contributed by atoms with Gasteiger partial charge in [-0.1, -0.05) is 36.0 Å². The van der Waals surface area contributed by atoms with Crippen LogP contribution in [0.1, 0.15) is 32.6 Å². The molecule has 1 aliphatic rings. The van der Waals surface area contributed by atoms with Crippen molar-refractivity contribution in [2.45, 2.75) is 38.7 Å². The van der Waals surface area contributed by atoms with Crippen LogP contribution in [0.2, 0.25) is 10.0 Å². The smallest absolute Gasteiger partial charge is 0.263 e. The third-order valence-corrected chi connectivity index (χ3v) is 4.34. The van der Waals surface area contributed by atoms with Gasteiger partial charge in [-0.3, -0.25) is 4.79 Å². The number of nitrogens with zero attached hydrogens (tertiary/aromatic N) is 1. The lowest BCUT2D eigenvalue weighted by Crippen LogP contribution is -2.41. The summed E-state index contributed by atoms with van der Waals surface area (Å²) >= 11 is 11.8. The van der Waals surface area contributed by atoms with Crippen LogP contribution >= 0.6 is 23.2 Å². The van der Waals surface area contributed by atoms with E-state index in [-0.39, 0.29) is 5.91 Å². The number of hydrogen-bond donors (Lipinski definition) is 1. The van der Waals surface area contributed by atoms with Gasteiger partial charge in [-0.25, -0.2) is 0 Å². The number of likely N-dealkylation sites (tertiary alicyclic amines) is 1. The number of anilines is 1. The Hall–Kier alpha value is -1.13. The number of benzene rings is 1. The number of nitrogen functional groups attached to an aromatic ring is 1. The Morgan fingerprint density at radius 3 is 2.38 bits per heavy atom. The fraction of sp³-hybridized carbons (Fsp3) is 0.533. The van der Waals surface area contributed by atoms with Gasteiger partial charge in [0, 0.05) is 19.2 Å². The number of ether oxygens (including phenoxy) is 1. The summed E-state index contributed by atoms with van der Waals surface area (Å²) in [6.45, 7) is 3.32. The van der Waals surface area contributed by atoms with Crippen molar-refractivity contribution in [3.63, 3.8) is 0 Å². The summed E-state index contributed by atoms with van der Waals surface area (Å²) in [5.41, 5.74) is 6.22. The van der Waals surface area contributed by atoms with Gasteiger partial charge in [-0.2, -0.15) is 0 Å².